The summed E-state index contributed by atoms with van der Waals surface area (Å²) in [6.07, 6.45) is 4.32. The van der Waals surface area contributed by atoms with Crippen molar-refractivity contribution in [2.45, 2.75) is 58.2 Å². The Morgan fingerprint density at radius 2 is 2.00 bits per heavy atom. The third-order valence-corrected chi connectivity index (χ3v) is 5.50. The monoisotopic (exact) mass is 386 g/mol. The van der Waals surface area contributed by atoms with E-state index in [4.69, 9.17) is 9.57 Å². The summed E-state index contributed by atoms with van der Waals surface area (Å²) in [5.74, 6) is 0.0310. The Morgan fingerprint density at radius 1 is 1.29 bits per heavy atom. The van der Waals surface area contributed by atoms with Crippen LogP contribution in [-0.2, 0) is 16.1 Å². The highest BCUT2D eigenvalue weighted by Gasteiger charge is 2.42. The third-order valence-electron chi connectivity index (χ3n) is 5.50. The van der Waals surface area contributed by atoms with Crippen LogP contribution in [0.3, 0.4) is 0 Å². The molecule has 4 rings (SSSR count). The lowest BCUT2D eigenvalue weighted by Gasteiger charge is -2.47. The molecule has 2 aliphatic heterocycles. The molecule has 2 aromatic heterocycles. The molecule has 4 heterocycles. The smallest absolute Gasteiger partial charge is 0.427 e. The van der Waals surface area contributed by atoms with Gasteiger partial charge in [-0.1, -0.05) is 0 Å². The van der Waals surface area contributed by atoms with E-state index in [2.05, 4.69) is 16.9 Å². The Labute approximate surface area is 163 Å². The van der Waals surface area contributed by atoms with Gasteiger partial charge in [-0.25, -0.2) is 9.78 Å². The van der Waals surface area contributed by atoms with E-state index in [-0.39, 0.29) is 11.4 Å². The lowest BCUT2D eigenvalue weighted by atomic mass is 9.86. The van der Waals surface area contributed by atoms with Crippen LogP contribution >= 0.6 is 0 Å². The molecule has 1 saturated heterocycles. The van der Waals surface area contributed by atoms with Crippen LogP contribution in [0.5, 0.6) is 0 Å². The summed E-state index contributed by atoms with van der Waals surface area (Å²) in [6, 6.07) is 1.79. The minimum atomic E-state index is -0.693. The van der Waals surface area contributed by atoms with Gasteiger partial charge < -0.3 is 19.5 Å². The zero-order valence-corrected chi connectivity index (χ0v) is 16.7. The average molecular weight is 386 g/mol. The van der Waals surface area contributed by atoms with Gasteiger partial charge in [0.2, 0.25) is 0 Å². The van der Waals surface area contributed by atoms with Crippen molar-refractivity contribution in [1.82, 2.24) is 19.9 Å². The third kappa shape index (κ3) is 3.32. The number of pyridine rings is 1. The number of amides is 1. The number of aromatic nitrogens is 2. The van der Waals surface area contributed by atoms with Crippen LogP contribution in [0.1, 0.15) is 56.5 Å². The molecular weight excluding hydrogens is 360 g/mol. The van der Waals surface area contributed by atoms with Gasteiger partial charge in [-0.15, -0.1) is 5.06 Å². The molecule has 1 fully saturated rings. The van der Waals surface area contributed by atoms with E-state index in [0.717, 1.165) is 16.6 Å². The molecule has 0 bridgehead atoms. The van der Waals surface area contributed by atoms with Crippen molar-refractivity contribution in [2.75, 3.05) is 13.1 Å². The van der Waals surface area contributed by atoms with Gasteiger partial charge >= 0.3 is 6.16 Å². The molecule has 28 heavy (non-hydrogen) atoms. The SMILES string of the molecule is CC(C)(C)OC(=O)ON1CCC(C)(N2Cc3c[nH]c4nccc(c34)C2=O)CC1. The number of hydrogen-bond donors (Lipinski definition) is 1. The summed E-state index contributed by atoms with van der Waals surface area (Å²) in [4.78, 5) is 39.8. The summed E-state index contributed by atoms with van der Waals surface area (Å²) in [6.45, 7) is 9.15. The molecule has 2 aliphatic rings. The molecule has 0 radical (unpaired) electrons. The first-order chi connectivity index (χ1) is 13.2. The molecule has 0 aromatic carbocycles. The molecule has 2 aromatic rings. The molecule has 0 atom stereocenters. The number of rotatable bonds is 2. The van der Waals surface area contributed by atoms with Gasteiger partial charge in [-0.3, -0.25) is 4.79 Å². The summed E-state index contributed by atoms with van der Waals surface area (Å²) in [5.41, 5.74) is 1.64. The molecule has 0 unspecified atom stereocenters. The van der Waals surface area contributed by atoms with Crippen molar-refractivity contribution in [3.8, 4) is 0 Å². The highest BCUT2D eigenvalue weighted by molar-refractivity contribution is 6.08. The Balaban J connectivity index is 1.45. The van der Waals surface area contributed by atoms with Gasteiger partial charge in [0, 0.05) is 43.0 Å². The maximum Gasteiger partial charge on any atom is 0.528 e. The van der Waals surface area contributed by atoms with E-state index in [1.165, 1.54) is 0 Å². The lowest BCUT2D eigenvalue weighted by molar-refractivity contribution is -0.163. The van der Waals surface area contributed by atoms with Crippen LogP contribution in [0, 0.1) is 0 Å². The van der Waals surface area contributed by atoms with Crippen LogP contribution in [0.2, 0.25) is 0 Å². The topological polar surface area (TPSA) is 87.8 Å². The molecule has 1 amide bonds. The van der Waals surface area contributed by atoms with Gasteiger partial charge in [0.15, 0.2) is 0 Å². The number of nitrogens with zero attached hydrogens (tertiary/aromatic N) is 3. The van der Waals surface area contributed by atoms with Crippen molar-refractivity contribution in [1.29, 1.82) is 0 Å². The Morgan fingerprint density at radius 3 is 2.68 bits per heavy atom. The van der Waals surface area contributed by atoms with Crippen molar-refractivity contribution in [3.63, 3.8) is 0 Å². The van der Waals surface area contributed by atoms with Crippen molar-refractivity contribution < 1.29 is 19.2 Å². The van der Waals surface area contributed by atoms with E-state index in [9.17, 15) is 9.59 Å². The largest absolute Gasteiger partial charge is 0.528 e. The number of nitrogens with one attached hydrogen (secondary N) is 1. The maximum atomic E-state index is 13.2. The molecule has 8 nitrogen and oxygen atoms in total. The van der Waals surface area contributed by atoms with E-state index in [0.29, 0.717) is 38.0 Å². The van der Waals surface area contributed by atoms with E-state index in [1.54, 1.807) is 38.1 Å². The second-order valence-corrected chi connectivity index (χ2v) is 8.77. The normalized spacial score (nSPS) is 19.7. The molecular formula is C20H26N4O4. The van der Waals surface area contributed by atoms with Crippen LogP contribution in [0.25, 0.3) is 11.0 Å². The summed E-state index contributed by atoms with van der Waals surface area (Å²) < 4.78 is 5.21. The van der Waals surface area contributed by atoms with Gasteiger partial charge in [0.05, 0.1) is 5.56 Å². The fourth-order valence-corrected chi connectivity index (χ4v) is 3.95. The fraction of sp³-hybridized carbons (Fsp3) is 0.550. The molecule has 8 heteroatoms. The molecule has 1 N–H and O–H groups in total. The molecule has 0 spiro atoms. The average Bonchev–Trinajstić information content (AvgIpc) is 3.03. The lowest BCUT2D eigenvalue weighted by Crippen LogP contribution is -2.56. The highest BCUT2D eigenvalue weighted by Crippen LogP contribution is 2.37. The number of ether oxygens (including phenoxy) is 1. The Kier molecular flexibility index (Phi) is 4.33. The minimum Gasteiger partial charge on any atom is -0.427 e. The predicted molar refractivity (Wildman–Crippen MR) is 102 cm³/mol. The number of aromatic amines is 1. The minimum absolute atomic E-state index is 0.0310. The van der Waals surface area contributed by atoms with Gasteiger partial charge in [-0.05, 0) is 52.2 Å². The van der Waals surface area contributed by atoms with Crippen LogP contribution < -0.4 is 0 Å². The predicted octanol–water partition coefficient (Wildman–Crippen LogP) is 3.24. The fourth-order valence-electron chi connectivity index (χ4n) is 3.95. The van der Waals surface area contributed by atoms with Crippen LogP contribution in [0.15, 0.2) is 18.5 Å². The second-order valence-electron chi connectivity index (χ2n) is 8.77. The number of hydroxylamine groups is 2. The van der Waals surface area contributed by atoms with Gasteiger partial charge in [0.25, 0.3) is 5.91 Å². The molecule has 0 saturated carbocycles. The number of H-pyrrole nitrogens is 1. The van der Waals surface area contributed by atoms with Crippen molar-refractivity contribution in [3.05, 3.63) is 29.6 Å². The van der Waals surface area contributed by atoms with Crippen molar-refractivity contribution >= 4 is 23.1 Å². The van der Waals surface area contributed by atoms with E-state index in [1.807, 2.05) is 11.1 Å². The van der Waals surface area contributed by atoms with Crippen LogP contribution in [0.4, 0.5) is 4.79 Å². The van der Waals surface area contributed by atoms with Crippen molar-refractivity contribution in [2.24, 2.45) is 0 Å². The highest BCUT2D eigenvalue weighted by atomic mass is 16.8. The van der Waals surface area contributed by atoms with E-state index < -0.39 is 11.8 Å². The number of carbonyl (C=O) groups excluding carboxylic acids is 2. The summed E-state index contributed by atoms with van der Waals surface area (Å²) in [5, 5.41) is 2.55. The zero-order chi connectivity index (χ0) is 20.1. The number of carbonyl (C=O) groups is 2. The second kappa shape index (κ2) is 6.48. The van der Waals surface area contributed by atoms with E-state index >= 15 is 0 Å². The first kappa shape index (κ1) is 18.7. The van der Waals surface area contributed by atoms with Gasteiger partial charge in [-0.2, -0.15) is 0 Å². The Bertz CT molecular complexity index is 922. The Hall–Kier alpha value is -2.61. The quantitative estimate of drug-likeness (QED) is 0.797. The first-order valence-corrected chi connectivity index (χ1v) is 9.59. The van der Waals surface area contributed by atoms with Crippen LogP contribution in [-0.4, -0.2) is 56.2 Å². The van der Waals surface area contributed by atoms with Gasteiger partial charge in [0.1, 0.15) is 11.2 Å². The maximum absolute atomic E-state index is 13.2. The summed E-state index contributed by atoms with van der Waals surface area (Å²) in [7, 11) is 0. The summed E-state index contributed by atoms with van der Waals surface area (Å²) >= 11 is 0. The number of hydrogen-bond acceptors (Lipinski definition) is 6. The first-order valence-electron chi connectivity index (χ1n) is 9.59. The zero-order valence-electron chi connectivity index (χ0n) is 16.7. The number of piperidine rings is 1. The standard InChI is InChI=1S/C20H26N4O4/c1-19(2,3)27-18(26)28-23-9-6-20(4,7-10-23)24-12-13-11-22-16-15(13)14(17(24)25)5-8-21-16/h5,8,11H,6-7,9-10,12H2,1-4H3,(H,21,22). The molecule has 150 valence electrons. The molecule has 0 aliphatic carbocycles.